The number of imide groups is 2. The number of nitrogens with one attached hydrogen (secondary N) is 1. The second-order valence-corrected chi connectivity index (χ2v) is 12.9. The summed E-state index contributed by atoms with van der Waals surface area (Å²) in [6.45, 7) is 0. The van der Waals surface area contributed by atoms with Gasteiger partial charge in [-0.2, -0.15) is 0 Å². The summed E-state index contributed by atoms with van der Waals surface area (Å²) < 4.78 is 5.97. The van der Waals surface area contributed by atoms with Crippen molar-refractivity contribution >= 4 is 63.8 Å². The van der Waals surface area contributed by atoms with Crippen LogP contribution in [-0.2, 0) is 6.42 Å². The number of benzene rings is 6. The van der Waals surface area contributed by atoms with E-state index in [9.17, 15) is 28.8 Å². The largest absolute Gasteiger partial charge is 0.457 e. The molecule has 2 aliphatic rings. The molecule has 55 heavy (non-hydrogen) atoms. The summed E-state index contributed by atoms with van der Waals surface area (Å²) >= 11 is 0. The van der Waals surface area contributed by atoms with Crippen LogP contribution in [0.2, 0.25) is 0 Å². The SMILES string of the molecule is Nc1ccc(CC(=O)c2ccc3c(c2)C(=O)N(c2ccc(Oc4ccc(N5C(=O)c6ccc(C(=O)Nc7ccc(N)cc7)cc6C5=O)cc4)cc2)C3=O)cc1. The van der Waals surface area contributed by atoms with Crippen molar-refractivity contribution in [3.05, 3.63) is 172 Å². The fraction of sp³-hybridized carbons (Fsp3) is 0.0233. The molecule has 0 spiro atoms. The Morgan fingerprint density at radius 2 is 0.945 bits per heavy atom. The molecule has 8 rings (SSSR count). The van der Waals surface area contributed by atoms with E-state index >= 15 is 0 Å². The Bertz CT molecular complexity index is 2400. The number of ketones is 1. The van der Waals surface area contributed by atoms with Crippen molar-refractivity contribution in [1.29, 1.82) is 0 Å². The number of carbonyl (C=O) groups excluding carboxylic acids is 6. The molecule has 0 saturated heterocycles. The lowest BCUT2D eigenvalue weighted by molar-refractivity contribution is 0.0910. The van der Waals surface area contributed by atoms with E-state index < -0.39 is 29.5 Å². The molecule has 12 nitrogen and oxygen atoms in total. The van der Waals surface area contributed by atoms with Crippen LogP contribution in [-0.4, -0.2) is 35.3 Å². The number of anilines is 5. The van der Waals surface area contributed by atoms with Crippen molar-refractivity contribution in [3.8, 4) is 11.5 Å². The van der Waals surface area contributed by atoms with Crippen molar-refractivity contribution in [2.45, 2.75) is 6.42 Å². The number of nitrogens with zero attached hydrogens (tertiary/aromatic N) is 2. The van der Waals surface area contributed by atoms with E-state index in [1.807, 2.05) is 0 Å². The Hall–Kier alpha value is -7.86. The molecule has 0 atom stereocenters. The average molecular weight is 728 g/mol. The van der Waals surface area contributed by atoms with Crippen LogP contribution in [0, 0.1) is 0 Å². The summed E-state index contributed by atoms with van der Waals surface area (Å²) in [5, 5.41) is 2.75. The van der Waals surface area contributed by atoms with Gasteiger partial charge < -0.3 is 21.5 Å². The zero-order valence-corrected chi connectivity index (χ0v) is 28.8. The molecule has 0 bridgehead atoms. The third-order valence-electron chi connectivity index (χ3n) is 9.30. The highest BCUT2D eigenvalue weighted by molar-refractivity contribution is 6.35. The Kier molecular flexibility index (Phi) is 8.47. The number of nitrogens with two attached hydrogens (primary N) is 2. The first-order valence-electron chi connectivity index (χ1n) is 17.0. The topological polar surface area (TPSA) is 182 Å². The highest BCUT2D eigenvalue weighted by Crippen LogP contribution is 2.34. The molecule has 12 heteroatoms. The van der Waals surface area contributed by atoms with E-state index in [2.05, 4.69) is 5.32 Å². The Balaban J connectivity index is 0.918. The first-order valence-corrected chi connectivity index (χ1v) is 17.0. The summed E-state index contributed by atoms with van der Waals surface area (Å²) in [7, 11) is 0. The third-order valence-corrected chi connectivity index (χ3v) is 9.30. The molecule has 2 aliphatic heterocycles. The minimum absolute atomic E-state index is 0.108. The number of carbonyl (C=O) groups is 6. The second kappa shape index (κ2) is 13.6. The van der Waals surface area contributed by atoms with Crippen LogP contribution in [0.5, 0.6) is 11.5 Å². The van der Waals surface area contributed by atoms with Gasteiger partial charge in [-0.25, -0.2) is 9.80 Å². The van der Waals surface area contributed by atoms with Crippen LogP contribution < -0.4 is 31.3 Å². The summed E-state index contributed by atoms with van der Waals surface area (Å²) in [6, 6.07) is 35.1. The molecule has 0 fully saturated rings. The van der Waals surface area contributed by atoms with Crippen LogP contribution in [0.3, 0.4) is 0 Å². The Morgan fingerprint density at radius 1 is 0.509 bits per heavy atom. The van der Waals surface area contributed by atoms with E-state index in [1.165, 1.54) is 30.3 Å². The fourth-order valence-electron chi connectivity index (χ4n) is 6.42. The van der Waals surface area contributed by atoms with Crippen LogP contribution in [0.4, 0.5) is 28.4 Å². The Labute approximate surface area is 313 Å². The lowest BCUT2D eigenvalue weighted by Gasteiger charge is -2.16. The van der Waals surface area contributed by atoms with Crippen molar-refractivity contribution in [2.75, 3.05) is 26.6 Å². The Morgan fingerprint density at radius 3 is 1.45 bits per heavy atom. The average Bonchev–Trinajstić information content (AvgIpc) is 3.60. The summed E-state index contributed by atoms with van der Waals surface area (Å²) in [5.74, 6) is -2.00. The molecule has 6 aromatic rings. The normalized spacial score (nSPS) is 13.2. The third kappa shape index (κ3) is 6.44. The number of hydrogen-bond acceptors (Lipinski definition) is 9. The molecule has 2 heterocycles. The predicted molar refractivity (Wildman–Crippen MR) is 206 cm³/mol. The maximum atomic E-state index is 13.4. The molecule has 0 unspecified atom stereocenters. The lowest BCUT2D eigenvalue weighted by Crippen LogP contribution is -2.29. The van der Waals surface area contributed by atoms with Gasteiger partial charge in [0, 0.05) is 34.6 Å². The minimum atomic E-state index is -0.569. The van der Waals surface area contributed by atoms with E-state index in [0.717, 1.165) is 15.4 Å². The van der Waals surface area contributed by atoms with Crippen LogP contribution in [0.15, 0.2) is 133 Å². The van der Waals surface area contributed by atoms with Gasteiger partial charge in [-0.3, -0.25) is 28.8 Å². The number of amides is 5. The number of hydrogen-bond donors (Lipinski definition) is 3. The first kappa shape index (κ1) is 34.2. The van der Waals surface area contributed by atoms with Crippen LogP contribution in [0.25, 0.3) is 0 Å². The molecule has 5 amide bonds. The molecule has 6 aromatic carbocycles. The van der Waals surface area contributed by atoms with Gasteiger partial charge in [-0.05, 0) is 121 Å². The van der Waals surface area contributed by atoms with Gasteiger partial charge in [0.15, 0.2) is 5.78 Å². The van der Waals surface area contributed by atoms with Gasteiger partial charge in [0.1, 0.15) is 11.5 Å². The van der Waals surface area contributed by atoms with Gasteiger partial charge in [0.25, 0.3) is 29.5 Å². The van der Waals surface area contributed by atoms with Gasteiger partial charge in [-0.15, -0.1) is 0 Å². The molecule has 0 radical (unpaired) electrons. The van der Waals surface area contributed by atoms with Gasteiger partial charge in [-0.1, -0.05) is 18.2 Å². The monoisotopic (exact) mass is 727 g/mol. The van der Waals surface area contributed by atoms with E-state index in [0.29, 0.717) is 45.5 Å². The zero-order valence-electron chi connectivity index (χ0n) is 28.8. The van der Waals surface area contributed by atoms with Crippen LogP contribution >= 0.6 is 0 Å². The van der Waals surface area contributed by atoms with Crippen molar-refractivity contribution < 1.29 is 33.5 Å². The van der Waals surface area contributed by atoms with Crippen LogP contribution in [0.1, 0.15) is 67.7 Å². The van der Waals surface area contributed by atoms with E-state index in [-0.39, 0.29) is 40.0 Å². The highest BCUT2D eigenvalue weighted by Gasteiger charge is 2.38. The molecule has 0 aromatic heterocycles. The number of ether oxygens (including phenoxy) is 1. The summed E-state index contributed by atoms with van der Waals surface area (Å²) in [4.78, 5) is 81.3. The maximum absolute atomic E-state index is 13.4. The first-order chi connectivity index (χ1) is 26.5. The molecule has 0 aliphatic carbocycles. The quantitative estimate of drug-likeness (QED) is 0.0809. The molecular formula is C43H29N5O7. The molecule has 0 saturated carbocycles. The van der Waals surface area contributed by atoms with E-state index in [1.54, 1.807) is 103 Å². The number of nitrogen functional groups attached to an aromatic ring is 2. The molecular weight excluding hydrogens is 699 g/mol. The second-order valence-electron chi connectivity index (χ2n) is 12.9. The van der Waals surface area contributed by atoms with E-state index in [4.69, 9.17) is 16.2 Å². The van der Waals surface area contributed by atoms with Crippen molar-refractivity contribution in [3.63, 3.8) is 0 Å². The van der Waals surface area contributed by atoms with Crippen molar-refractivity contribution in [2.24, 2.45) is 0 Å². The number of fused-ring (bicyclic) bond motifs is 2. The van der Waals surface area contributed by atoms with Crippen molar-refractivity contribution in [1.82, 2.24) is 0 Å². The fourth-order valence-corrected chi connectivity index (χ4v) is 6.42. The minimum Gasteiger partial charge on any atom is -0.457 e. The smallest absolute Gasteiger partial charge is 0.266 e. The number of rotatable bonds is 9. The predicted octanol–water partition coefficient (Wildman–Crippen LogP) is 6.92. The summed E-state index contributed by atoms with van der Waals surface area (Å²) in [5.41, 5.74) is 15.7. The number of Topliss-reactive ketones (excluding diaryl/α,β-unsaturated/α-hetero) is 1. The summed E-state index contributed by atoms with van der Waals surface area (Å²) in [6.07, 6.45) is 0.118. The maximum Gasteiger partial charge on any atom is 0.266 e. The van der Waals surface area contributed by atoms with Gasteiger partial charge >= 0.3 is 0 Å². The standard InChI is InChI=1S/C43H29N5O7/c44-27-5-1-24(2-6-27)21-38(49)25-3-19-34-36(22-25)42(53)47(40(34)51)30-11-15-32(16-12-30)55-33-17-13-31(14-18-33)48-41(52)35-20-4-26(23-37(35)43(48)54)39(50)46-29-9-7-28(45)8-10-29/h1-20,22-23H,21,44-45H2,(H,46,50). The van der Waals surface area contributed by atoms with Gasteiger partial charge in [0.2, 0.25) is 0 Å². The highest BCUT2D eigenvalue weighted by atomic mass is 16.5. The van der Waals surface area contributed by atoms with Gasteiger partial charge in [0.05, 0.1) is 33.6 Å². The molecule has 5 N–H and O–H groups in total. The lowest BCUT2D eigenvalue weighted by atomic mass is 9.99. The zero-order chi connectivity index (χ0) is 38.4. The molecule has 268 valence electrons.